The minimum absolute atomic E-state index is 0.210. The monoisotopic (exact) mass is 191 g/mol. The molecule has 0 saturated heterocycles. The van der Waals surface area contributed by atoms with Crippen LogP contribution in [-0.4, -0.2) is 6.61 Å². The summed E-state index contributed by atoms with van der Waals surface area (Å²) in [6, 6.07) is 2.08. The summed E-state index contributed by atoms with van der Waals surface area (Å²) in [4.78, 5) is 0. The lowest BCUT2D eigenvalue weighted by atomic mass is 9.78. The lowest BCUT2D eigenvalue weighted by Crippen LogP contribution is -2.18. The van der Waals surface area contributed by atoms with Crippen molar-refractivity contribution in [2.24, 2.45) is 5.41 Å². The van der Waals surface area contributed by atoms with Crippen LogP contribution in [0.15, 0.2) is 23.5 Å². The molecule has 0 fully saturated rings. The van der Waals surface area contributed by atoms with Gasteiger partial charge in [0.15, 0.2) is 0 Å². The standard InChI is InChI=1S/C12H17NO/c1-4-14-11-7-10(5-6-13)8-12(2,3)9-11/h5,7H,4,8-9H2,1-3H3/b10-5-. The Morgan fingerprint density at radius 1 is 1.57 bits per heavy atom. The summed E-state index contributed by atoms with van der Waals surface area (Å²) < 4.78 is 5.51. The van der Waals surface area contributed by atoms with Crippen LogP contribution < -0.4 is 0 Å². The molecule has 0 aromatic carbocycles. The zero-order valence-electron chi connectivity index (χ0n) is 9.13. The molecule has 0 aliphatic heterocycles. The van der Waals surface area contributed by atoms with Gasteiger partial charge in [-0.05, 0) is 30.4 Å². The quantitative estimate of drug-likeness (QED) is 0.628. The Morgan fingerprint density at radius 3 is 2.86 bits per heavy atom. The summed E-state index contributed by atoms with van der Waals surface area (Å²) in [5.41, 5.74) is 1.29. The van der Waals surface area contributed by atoms with Gasteiger partial charge in [-0.25, -0.2) is 0 Å². The molecular formula is C12H17NO. The topological polar surface area (TPSA) is 33.0 Å². The smallest absolute Gasteiger partial charge is 0.0967 e. The van der Waals surface area contributed by atoms with Crippen LogP contribution in [0.25, 0.3) is 0 Å². The molecule has 1 aliphatic carbocycles. The fourth-order valence-electron chi connectivity index (χ4n) is 1.85. The highest BCUT2D eigenvalue weighted by atomic mass is 16.5. The maximum atomic E-state index is 8.61. The fraction of sp³-hybridized carbons (Fsp3) is 0.583. The highest BCUT2D eigenvalue weighted by Crippen LogP contribution is 2.37. The van der Waals surface area contributed by atoms with E-state index in [0.29, 0.717) is 6.61 Å². The Bertz CT molecular complexity index is 305. The summed E-state index contributed by atoms with van der Waals surface area (Å²) in [5.74, 6) is 1.00. The molecule has 1 aliphatic rings. The van der Waals surface area contributed by atoms with E-state index in [1.54, 1.807) is 6.08 Å². The van der Waals surface area contributed by atoms with Gasteiger partial charge < -0.3 is 4.74 Å². The summed E-state index contributed by atoms with van der Waals surface area (Å²) in [6.07, 6.45) is 5.53. The third-order valence-electron chi connectivity index (χ3n) is 2.26. The van der Waals surface area contributed by atoms with E-state index in [0.717, 1.165) is 24.2 Å². The van der Waals surface area contributed by atoms with Crippen LogP contribution in [0.1, 0.15) is 33.6 Å². The van der Waals surface area contributed by atoms with Gasteiger partial charge in [-0.15, -0.1) is 0 Å². The molecule has 14 heavy (non-hydrogen) atoms. The van der Waals surface area contributed by atoms with Gasteiger partial charge in [0.2, 0.25) is 0 Å². The van der Waals surface area contributed by atoms with Gasteiger partial charge in [-0.1, -0.05) is 13.8 Å². The maximum Gasteiger partial charge on any atom is 0.0967 e. The molecule has 0 aromatic rings. The van der Waals surface area contributed by atoms with E-state index >= 15 is 0 Å². The van der Waals surface area contributed by atoms with Crippen molar-refractivity contribution in [2.45, 2.75) is 33.6 Å². The lowest BCUT2D eigenvalue weighted by Gasteiger charge is -2.30. The molecule has 0 atom stereocenters. The molecular weight excluding hydrogens is 174 g/mol. The van der Waals surface area contributed by atoms with Crippen LogP contribution in [0.3, 0.4) is 0 Å². The number of hydrogen-bond donors (Lipinski definition) is 0. The van der Waals surface area contributed by atoms with Crippen molar-refractivity contribution < 1.29 is 4.74 Å². The number of nitrogens with zero attached hydrogens (tertiary/aromatic N) is 1. The number of ether oxygens (including phenoxy) is 1. The summed E-state index contributed by atoms with van der Waals surface area (Å²) in [6.45, 7) is 7.08. The van der Waals surface area contributed by atoms with E-state index in [2.05, 4.69) is 19.9 Å². The molecule has 2 heteroatoms. The Hall–Kier alpha value is -1.23. The highest BCUT2D eigenvalue weighted by molar-refractivity contribution is 5.31. The predicted molar refractivity (Wildman–Crippen MR) is 56.4 cm³/mol. The second kappa shape index (κ2) is 4.32. The van der Waals surface area contributed by atoms with Crippen molar-refractivity contribution in [3.8, 4) is 6.07 Å². The second-order valence-corrected chi connectivity index (χ2v) is 4.41. The molecule has 0 unspecified atom stereocenters. The van der Waals surface area contributed by atoms with E-state index < -0.39 is 0 Å². The van der Waals surface area contributed by atoms with Crippen LogP contribution in [0, 0.1) is 16.7 Å². The van der Waals surface area contributed by atoms with E-state index in [9.17, 15) is 0 Å². The molecule has 76 valence electrons. The van der Waals surface area contributed by atoms with Crippen LogP contribution in [0.5, 0.6) is 0 Å². The van der Waals surface area contributed by atoms with Crippen molar-refractivity contribution in [1.82, 2.24) is 0 Å². The Morgan fingerprint density at radius 2 is 2.29 bits per heavy atom. The molecule has 2 nitrogen and oxygen atoms in total. The maximum absolute atomic E-state index is 8.61. The molecule has 0 saturated carbocycles. The van der Waals surface area contributed by atoms with Crippen LogP contribution >= 0.6 is 0 Å². The summed E-state index contributed by atoms with van der Waals surface area (Å²) in [7, 11) is 0. The zero-order chi connectivity index (χ0) is 10.6. The van der Waals surface area contributed by atoms with Gasteiger partial charge in [0, 0.05) is 12.5 Å². The molecule has 0 bridgehead atoms. The number of allylic oxidation sites excluding steroid dienone is 4. The van der Waals surface area contributed by atoms with Crippen LogP contribution in [-0.2, 0) is 4.74 Å². The number of nitriles is 1. The van der Waals surface area contributed by atoms with E-state index in [1.807, 2.05) is 13.0 Å². The first-order valence-electron chi connectivity index (χ1n) is 4.99. The van der Waals surface area contributed by atoms with Crippen molar-refractivity contribution in [1.29, 1.82) is 5.26 Å². The SMILES string of the molecule is CCOC1=C/C(=C/C#N)CC(C)(C)C1. The minimum atomic E-state index is 0.210. The average Bonchev–Trinajstić information content (AvgIpc) is 2.01. The van der Waals surface area contributed by atoms with Crippen molar-refractivity contribution in [3.63, 3.8) is 0 Å². The van der Waals surface area contributed by atoms with Gasteiger partial charge in [-0.3, -0.25) is 0 Å². The van der Waals surface area contributed by atoms with Gasteiger partial charge in [0.25, 0.3) is 0 Å². The minimum Gasteiger partial charge on any atom is -0.498 e. The van der Waals surface area contributed by atoms with E-state index in [-0.39, 0.29) is 5.41 Å². The number of hydrogen-bond acceptors (Lipinski definition) is 2. The largest absolute Gasteiger partial charge is 0.498 e. The third kappa shape index (κ3) is 2.92. The third-order valence-corrected chi connectivity index (χ3v) is 2.26. The fourth-order valence-corrected chi connectivity index (χ4v) is 1.85. The lowest BCUT2D eigenvalue weighted by molar-refractivity contribution is 0.178. The van der Waals surface area contributed by atoms with Gasteiger partial charge in [-0.2, -0.15) is 5.26 Å². The van der Waals surface area contributed by atoms with Crippen molar-refractivity contribution >= 4 is 0 Å². The Kier molecular flexibility index (Phi) is 3.35. The van der Waals surface area contributed by atoms with Gasteiger partial charge >= 0.3 is 0 Å². The highest BCUT2D eigenvalue weighted by Gasteiger charge is 2.26. The normalized spacial score (nSPS) is 22.7. The van der Waals surface area contributed by atoms with Gasteiger partial charge in [0.1, 0.15) is 0 Å². The van der Waals surface area contributed by atoms with Crippen molar-refractivity contribution in [2.75, 3.05) is 6.61 Å². The first kappa shape index (κ1) is 10.8. The first-order valence-corrected chi connectivity index (χ1v) is 4.99. The zero-order valence-corrected chi connectivity index (χ0v) is 9.13. The first-order chi connectivity index (χ1) is 6.57. The van der Waals surface area contributed by atoms with E-state index in [4.69, 9.17) is 10.00 Å². The van der Waals surface area contributed by atoms with Crippen molar-refractivity contribution in [3.05, 3.63) is 23.5 Å². The molecule has 0 amide bonds. The van der Waals surface area contributed by atoms with Crippen LogP contribution in [0.2, 0.25) is 0 Å². The second-order valence-electron chi connectivity index (χ2n) is 4.41. The molecule has 0 heterocycles. The predicted octanol–water partition coefficient (Wildman–Crippen LogP) is 3.18. The number of rotatable bonds is 2. The molecule has 0 aromatic heterocycles. The Labute approximate surface area is 85.9 Å². The summed E-state index contributed by atoms with van der Waals surface area (Å²) >= 11 is 0. The summed E-state index contributed by atoms with van der Waals surface area (Å²) in [5, 5.41) is 8.61. The molecule has 0 radical (unpaired) electrons. The molecule has 0 N–H and O–H groups in total. The Balaban J connectivity index is 2.86. The molecule has 1 rings (SSSR count). The van der Waals surface area contributed by atoms with Crippen LogP contribution in [0.4, 0.5) is 0 Å². The van der Waals surface area contributed by atoms with Gasteiger partial charge in [0.05, 0.1) is 18.4 Å². The molecule has 0 spiro atoms. The van der Waals surface area contributed by atoms with E-state index in [1.165, 1.54) is 0 Å². The average molecular weight is 191 g/mol.